The smallest absolute Gasteiger partial charge is 0.159 e. The molecular weight excluding hydrogens is 266 g/mol. The lowest BCUT2D eigenvalue weighted by atomic mass is 9.93. The van der Waals surface area contributed by atoms with Gasteiger partial charge in [0.05, 0.1) is 6.61 Å². The number of nitrogens with zero attached hydrogens (tertiary/aromatic N) is 1. The van der Waals surface area contributed by atoms with Crippen LogP contribution in [0.1, 0.15) is 54.9 Å². The van der Waals surface area contributed by atoms with Crippen LogP contribution in [0.25, 0.3) is 0 Å². The molecule has 116 valence electrons. The van der Waals surface area contributed by atoms with Gasteiger partial charge >= 0.3 is 0 Å². The van der Waals surface area contributed by atoms with Crippen LogP contribution in [0.4, 0.5) is 0 Å². The van der Waals surface area contributed by atoms with E-state index in [1.807, 2.05) is 0 Å². The molecule has 0 atom stereocenters. The fourth-order valence-electron chi connectivity index (χ4n) is 3.12. The Bertz CT molecular complexity index is 481. The van der Waals surface area contributed by atoms with E-state index < -0.39 is 0 Å². The van der Waals surface area contributed by atoms with Crippen molar-refractivity contribution >= 4 is 5.78 Å². The van der Waals surface area contributed by atoms with E-state index in [9.17, 15) is 15.0 Å². The molecule has 0 aliphatic heterocycles. The van der Waals surface area contributed by atoms with Crippen molar-refractivity contribution in [1.82, 2.24) is 4.90 Å². The van der Waals surface area contributed by atoms with Crippen molar-refractivity contribution in [2.24, 2.45) is 0 Å². The summed E-state index contributed by atoms with van der Waals surface area (Å²) in [7, 11) is 0. The fourth-order valence-corrected chi connectivity index (χ4v) is 3.12. The molecule has 0 aromatic heterocycles. The number of rotatable bonds is 6. The van der Waals surface area contributed by atoms with Crippen molar-refractivity contribution in [1.29, 1.82) is 0 Å². The Kier molecular flexibility index (Phi) is 5.76. The van der Waals surface area contributed by atoms with Crippen LogP contribution in [0.5, 0.6) is 5.75 Å². The molecule has 1 saturated carbocycles. The van der Waals surface area contributed by atoms with Gasteiger partial charge in [0.25, 0.3) is 0 Å². The Morgan fingerprint density at radius 1 is 1.29 bits per heavy atom. The highest BCUT2D eigenvalue weighted by molar-refractivity contribution is 5.94. The summed E-state index contributed by atoms with van der Waals surface area (Å²) in [6, 6.07) is 5.47. The van der Waals surface area contributed by atoms with E-state index in [0.717, 1.165) is 18.4 Å². The summed E-state index contributed by atoms with van der Waals surface area (Å²) < 4.78 is 0. The summed E-state index contributed by atoms with van der Waals surface area (Å²) in [5.74, 6) is 0.223. The number of aliphatic hydroxyl groups excluding tert-OH is 1. The van der Waals surface area contributed by atoms with Gasteiger partial charge in [0.15, 0.2) is 5.78 Å². The summed E-state index contributed by atoms with van der Waals surface area (Å²) in [5, 5.41) is 19.3. The number of hydrogen-bond donors (Lipinski definition) is 2. The van der Waals surface area contributed by atoms with E-state index >= 15 is 0 Å². The Hall–Kier alpha value is -1.39. The van der Waals surface area contributed by atoms with Crippen molar-refractivity contribution in [3.63, 3.8) is 0 Å². The van der Waals surface area contributed by atoms with Crippen molar-refractivity contribution in [3.05, 3.63) is 29.3 Å². The van der Waals surface area contributed by atoms with Crippen LogP contribution >= 0.6 is 0 Å². The zero-order chi connectivity index (χ0) is 15.2. The Morgan fingerprint density at radius 2 is 2.00 bits per heavy atom. The number of hydrogen-bond acceptors (Lipinski definition) is 4. The number of phenols is 1. The number of aromatic hydroxyl groups is 1. The number of ketones is 1. The summed E-state index contributed by atoms with van der Waals surface area (Å²) in [6.45, 7) is 2.83. The third-order valence-electron chi connectivity index (χ3n) is 4.34. The summed E-state index contributed by atoms with van der Waals surface area (Å²) in [6.07, 6.45) is 6.03. The molecule has 0 heterocycles. The van der Waals surface area contributed by atoms with E-state index in [2.05, 4.69) is 4.90 Å². The topological polar surface area (TPSA) is 60.8 Å². The number of carbonyl (C=O) groups excluding carboxylic acids is 1. The molecule has 2 rings (SSSR count). The summed E-state index contributed by atoms with van der Waals surface area (Å²) >= 11 is 0. The molecule has 0 spiro atoms. The van der Waals surface area contributed by atoms with E-state index in [1.165, 1.54) is 26.2 Å². The number of aliphatic hydroxyl groups is 1. The molecule has 0 saturated heterocycles. The van der Waals surface area contributed by atoms with Crippen LogP contribution in [0, 0.1) is 0 Å². The van der Waals surface area contributed by atoms with Crippen LogP contribution in [-0.2, 0) is 6.54 Å². The van der Waals surface area contributed by atoms with Crippen LogP contribution in [0.2, 0.25) is 0 Å². The molecule has 0 bridgehead atoms. The fraction of sp³-hybridized carbons (Fsp3) is 0.588. The van der Waals surface area contributed by atoms with E-state index in [0.29, 0.717) is 24.7 Å². The molecule has 0 radical (unpaired) electrons. The monoisotopic (exact) mass is 291 g/mol. The first-order valence-corrected chi connectivity index (χ1v) is 7.79. The van der Waals surface area contributed by atoms with Crippen LogP contribution in [-0.4, -0.2) is 40.1 Å². The SMILES string of the molecule is CC(=O)c1ccc(O)c(CN(CCO)C2CCCCC2)c1. The zero-order valence-electron chi connectivity index (χ0n) is 12.7. The third-order valence-corrected chi connectivity index (χ3v) is 4.34. The highest BCUT2D eigenvalue weighted by Crippen LogP contribution is 2.26. The average Bonchev–Trinajstić information content (AvgIpc) is 2.49. The molecule has 1 aromatic carbocycles. The van der Waals surface area contributed by atoms with Gasteiger partial charge in [-0.25, -0.2) is 0 Å². The summed E-state index contributed by atoms with van der Waals surface area (Å²) in [5.41, 5.74) is 1.39. The predicted molar refractivity (Wildman–Crippen MR) is 82.5 cm³/mol. The average molecular weight is 291 g/mol. The third kappa shape index (κ3) is 4.29. The number of benzene rings is 1. The van der Waals surface area contributed by atoms with E-state index in [4.69, 9.17) is 0 Å². The molecule has 0 amide bonds. The molecule has 21 heavy (non-hydrogen) atoms. The minimum atomic E-state index is 0.00243. The highest BCUT2D eigenvalue weighted by Gasteiger charge is 2.22. The van der Waals surface area contributed by atoms with Crippen molar-refractivity contribution in [2.75, 3.05) is 13.2 Å². The van der Waals surface area contributed by atoms with Gasteiger partial charge in [-0.3, -0.25) is 9.69 Å². The van der Waals surface area contributed by atoms with Gasteiger partial charge < -0.3 is 10.2 Å². The van der Waals surface area contributed by atoms with Crippen molar-refractivity contribution in [3.8, 4) is 5.75 Å². The quantitative estimate of drug-likeness (QED) is 0.791. The molecule has 1 fully saturated rings. The van der Waals surface area contributed by atoms with Gasteiger partial charge in [0.1, 0.15) is 5.75 Å². The minimum absolute atomic E-state index is 0.00243. The standard InChI is InChI=1S/C17H25NO3/c1-13(20)14-7-8-17(21)15(11-14)12-18(9-10-19)16-5-3-2-4-6-16/h7-8,11,16,19,21H,2-6,9-10,12H2,1H3. The first-order valence-electron chi connectivity index (χ1n) is 7.79. The molecule has 4 heteroatoms. The van der Waals surface area contributed by atoms with E-state index in [-0.39, 0.29) is 18.1 Å². The lowest BCUT2D eigenvalue weighted by molar-refractivity contribution is 0.101. The van der Waals surface area contributed by atoms with Crippen molar-refractivity contribution in [2.45, 2.75) is 51.6 Å². The molecule has 1 aliphatic rings. The van der Waals surface area contributed by atoms with Gasteiger partial charge in [-0.1, -0.05) is 19.3 Å². The summed E-state index contributed by atoms with van der Waals surface area (Å²) in [4.78, 5) is 13.7. The number of phenolic OH excluding ortho intramolecular Hbond substituents is 1. The predicted octanol–water partition coefficient (Wildman–Crippen LogP) is 2.72. The molecule has 2 N–H and O–H groups in total. The van der Waals surface area contributed by atoms with Crippen LogP contribution < -0.4 is 0 Å². The Balaban J connectivity index is 2.15. The second-order valence-electron chi connectivity index (χ2n) is 5.89. The molecule has 1 aromatic rings. The maximum atomic E-state index is 11.5. The first kappa shape index (κ1) is 16.0. The van der Waals surface area contributed by atoms with Crippen LogP contribution in [0.15, 0.2) is 18.2 Å². The van der Waals surface area contributed by atoms with Gasteiger partial charge in [0, 0.05) is 30.3 Å². The first-order chi connectivity index (χ1) is 10.1. The van der Waals surface area contributed by atoms with Gasteiger partial charge in [-0.15, -0.1) is 0 Å². The van der Waals surface area contributed by atoms with Gasteiger partial charge in [-0.05, 0) is 38.0 Å². The normalized spacial score (nSPS) is 16.3. The second-order valence-corrected chi connectivity index (χ2v) is 5.89. The lowest BCUT2D eigenvalue weighted by Gasteiger charge is -2.34. The second kappa shape index (κ2) is 7.57. The van der Waals surface area contributed by atoms with Crippen LogP contribution in [0.3, 0.4) is 0 Å². The molecule has 4 nitrogen and oxygen atoms in total. The van der Waals surface area contributed by atoms with Gasteiger partial charge in [-0.2, -0.15) is 0 Å². The Labute approximate surface area is 126 Å². The Morgan fingerprint density at radius 3 is 2.62 bits per heavy atom. The maximum absolute atomic E-state index is 11.5. The van der Waals surface area contributed by atoms with E-state index in [1.54, 1.807) is 18.2 Å². The minimum Gasteiger partial charge on any atom is -0.508 e. The number of Topliss-reactive ketones (excluding diaryl/α,β-unsaturated/α-hetero) is 1. The van der Waals surface area contributed by atoms with Crippen molar-refractivity contribution < 1.29 is 15.0 Å². The molecule has 0 unspecified atom stereocenters. The largest absolute Gasteiger partial charge is 0.508 e. The molecular formula is C17H25NO3. The number of carbonyl (C=O) groups is 1. The maximum Gasteiger partial charge on any atom is 0.159 e. The lowest BCUT2D eigenvalue weighted by Crippen LogP contribution is -2.38. The zero-order valence-corrected chi connectivity index (χ0v) is 12.7. The highest BCUT2D eigenvalue weighted by atomic mass is 16.3. The van der Waals surface area contributed by atoms with Gasteiger partial charge in [0.2, 0.25) is 0 Å². The molecule has 1 aliphatic carbocycles.